The van der Waals surface area contributed by atoms with E-state index in [-0.39, 0.29) is 0 Å². The van der Waals surface area contributed by atoms with Gasteiger partial charge < -0.3 is 5.32 Å². The van der Waals surface area contributed by atoms with Crippen molar-refractivity contribution in [3.8, 4) is 0 Å². The second kappa shape index (κ2) is 6.80. The average molecular weight is 383 g/mol. The second-order valence-corrected chi connectivity index (χ2v) is 9.64. The van der Waals surface area contributed by atoms with Gasteiger partial charge in [0, 0.05) is 23.7 Å². The molecule has 27 heavy (non-hydrogen) atoms. The highest BCUT2D eigenvalue weighted by Gasteiger charge is 2.24. The fourth-order valence-corrected chi connectivity index (χ4v) is 5.45. The number of hydrogen-bond donors (Lipinski definition) is 1. The first-order valence-electron chi connectivity index (χ1n) is 9.56. The van der Waals surface area contributed by atoms with Gasteiger partial charge >= 0.3 is 0 Å². The predicted molar refractivity (Wildman–Crippen MR) is 110 cm³/mol. The lowest BCUT2D eigenvalue weighted by molar-refractivity contribution is 0.423. The Hall–Kier alpha value is -2.11. The van der Waals surface area contributed by atoms with E-state index in [2.05, 4.69) is 25.2 Å². The van der Waals surface area contributed by atoms with Crippen molar-refractivity contribution in [1.82, 2.24) is 9.29 Å². The Kier molecular flexibility index (Phi) is 4.60. The van der Waals surface area contributed by atoms with Crippen LogP contribution in [-0.4, -0.2) is 24.5 Å². The summed E-state index contributed by atoms with van der Waals surface area (Å²) in [4.78, 5) is 0.322. The quantitative estimate of drug-likeness (QED) is 0.741. The zero-order valence-corrected chi connectivity index (χ0v) is 16.9. The number of nitrogens with zero attached hydrogens (tertiary/aromatic N) is 1. The van der Waals surface area contributed by atoms with Crippen LogP contribution < -0.4 is 5.32 Å². The standard InChI is InChI=1S/C22H26N2O2S/c1-15(2)23-18-8-6-17-7-11-22-20(21(17)14-18)12-13-24(22)27(25,26)19-9-4-16(3)5-10-19/h4-5,7,9-13,15,18,23H,6,8,14H2,1-3H3. The fourth-order valence-electron chi connectivity index (χ4n) is 4.10. The lowest BCUT2D eigenvalue weighted by Gasteiger charge is -2.28. The average Bonchev–Trinajstić information content (AvgIpc) is 3.07. The van der Waals surface area contributed by atoms with Gasteiger partial charge in [-0.05, 0) is 61.6 Å². The van der Waals surface area contributed by atoms with Crippen molar-refractivity contribution >= 4 is 20.9 Å². The summed E-state index contributed by atoms with van der Waals surface area (Å²) in [5.41, 5.74) is 4.44. The molecule has 0 saturated carbocycles. The van der Waals surface area contributed by atoms with Crippen molar-refractivity contribution < 1.29 is 8.42 Å². The maximum absolute atomic E-state index is 13.1. The van der Waals surface area contributed by atoms with Gasteiger partial charge in [0.15, 0.2) is 0 Å². The van der Waals surface area contributed by atoms with Crippen molar-refractivity contribution in [1.29, 1.82) is 0 Å². The molecule has 0 bridgehead atoms. The molecule has 0 fully saturated rings. The SMILES string of the molecule is Cc1ccc(S(=O)(=O)n2ccc3c4c(ccc32)CCC(NC(C)C)C4)cc1. The van der Waals surface area contributed by atoms with E-state index in [1.807, 2.05) is 31.2 Å². The third-order valence-corrected chi connectivity index (χ3v) is 7.11. The number of nitrogens with one attached hydrogen (secondary N) is 1. The summed E-state index contributed by atoms with van der Waals surface area (Å²) in [6.07, 6.45) is 4.80. The molecular formula is C22H26N2O2S. The molecule has 1 heterocycles. The fraction of sp³-hybridized carbons (Fsp3) is 0.364. The molecule has 4 nitrogen and oxygen atoms in total. The van der Waals surface area contributed by atoms with Gasteiger partial charge in [0.05, 0.1) is 10.4 Å². The highest BCUT2D eigenvalue weighted by molar-refractivity contribution is 7.90. The lowest BCUT2D eigenvalue weighted by Crippen LogP contribution is -2.38. The Balaban J connectivity index is 1.78. The number of fused-ring (bicyclic) bond motifs is 3. The third kappa shape index (κ3) is 3.30. The number of aromatic nitrogens is 1. The normalized spacial score (nSPS) is 17.4. The number of aryl methyl sites for hydroxylation is 2. The largest absolute Gasteiger partial charge is 0.311 e. The Bertz CT molecular complexity index is 1080. The number of hydrogen-bond acceptors (Lipinski definition) is 3. The summed E-state index contributed by atoms with van der Waals surface area (Å²) in [6, 6.07) is 13.9. The predicted octanol–water partition coefficient (Wildman–Crippen LogP) is 4.04. The molecule has 0 aliphatic heterocycles. The van der Waals surface area contributed by atoms with Crippen LogP contribution in [0, 0.1) is 6.92 Å². The van der Waals surface area contributed by atoms with Crippen LogP contribution in [0.15, 0.2) is 53.6 Å². The highest BCUT2D eigenvalue weighted by Crippen LogP contribution is 2.31. The molecular weight excluding hydrogens is 356 g/mol. The Morgan fingerprint density at radius 3 is 2.52 bits per heavy atom. The molecule has 0 amide bonds. The first-order chi connectivity index (χ1) is 12.9. The summed E-state index contributed by atoms with van der Waals surface area (Å²) in [5.74, 6) is 0. The van der Waals surface area contributed by atoms with Gasteiger partial charge in [-0.3, -0.25) is 0 Å². The first-order valence-corrected chi connectivity index (χ1v) is 11.0. The van der Waals surface area contributed by atoms with E-state index in [0.717, 1.165) is 35.7 Å². The van der Waals surface area contributed by atoms with Gasteiger partial charge in [0.25, 0.3) is 10.0 Å². The van der Waals surface area contributed by atoms with Crippen LogP contribution in [0.4, 0.5) is 0 Å². The monoisotopic (exact) mass is 382 g/mol. The molecule has 1 aliphatic rings. The molecule has 5 heteroatoms. The smallest absolute Gasteiger partial charge is 0.268 e. The van der Waals surface area contributed by atoms with E-state index in [1.165, 1.54) is 15.1 Å². The van der Waals surface area contributed by atoms with E-state index in [0.29, 0.717) is 17.0 Å². The zero-order chi connectivity index (χ0) is 19.2. The minimum atomic E-state index is -3.60. The van der Waals surface area contributed by atoms with Crippen LogP contribution in [0.5, 0.6) is 0 Å². The zero-order valence-electron chi connectivity index (χ0n) is 16.1. The molecule has 1 aromatic heterocycles. The van der Waals surface area contributed by atoms with Crippen LogP contribution in [-0.2, 0) is 22.9 Å². The molecule has 0 radical (unpaired) electrons. The molecule has 1 aliphatic carbocycles. The summed E-state index contributed by atoms with van der Waals surface area (Å²) < 4.78 is 27.7. The van der Waals surface area contributed by atoms with Gasteiger partial charge in [0.2, 0.25) is 0 Å². The highest BCUT2D eigenvalue weighted by atomic mass is 32.2. The molecule has 2 aromatic carbocycles. The van der Waals surface area contributed by atoms with Crippen LogP contribution in [0.1, 0.15) is 37.0 Å². The van der Waals surface area contributed by atoms with Crippen molar-refractivity contribution in [2.24, 2.45) is 0 Å². The minimum Gasteiger partial charge on any atom is -0.311 e. The molecule has 0 spiro atoms. The summed E-state index contributed by atoms with van der Waals surface area (Å²) in [7, 11) is -3.60. The Labute approximate surface area is 161 Å². The molecule has 1 unspecified atom stereocenters. The van der Waals surface area contributed by atoms with Gasteiger partial charge in [-0.15, -0.1) is 0 Å². The van der Waals surface area contributed by atoms with Gasteiger partial charge in [0.1, 0.15) is 0 Å². The second-order valence-electron chi connectivity index (χ2n) is 7.83. The third-order valence-electron chi connectivity index (χ3n) is 5.40. The molecule has 4 rings (SSSR count). The Morgan fingerprint density at radius 1 is 1.07 bits per heavy atom. The van der Waals surface area contributed by atoms with Gasteiger partial charge in [-0.2, -0.15) is 0 Å². The molecule has 1 atom stereocenters. The van der Waals surface area contributed by atoms with Crippen molar-refractivity contribution in [2.45, 2.75) is 57.0 Å². The Morgan fingerprint density at radius 2 is 1.81 bits per heavy atom. The summed E-state index contributed by atoms with van der Waals surface area (Å²) in [6.45, 7) is 6.29. The van der Waals surface area contributed by atoms with Crippen LogP contribution >= 0.6 is 0 Å². The molecule has 1 N–H and O–H groups in total. The first kappa shape index (κ1) is 18.3. The topological polar surface area (TPSA) is 51.1 Å². The van der Waals surface area contributed by atoms with E-state index < -0.39 is 10.0 Å². The molecule has 142 valence electrons. The molecule has 3 aromatic rings. The summed E-state index contributed by atoms with van der Waals surface area (Å²) >= 11 is 0. The van der Waals surface area contributed by atoms with Crippen LogP contribution in [0.2, 0.25) is 0 Å². The van der Waals surface area contributed by atoms with Crippen LogP contribution in [0.25, 0.3) is 10.9 Å². The van der Waals surface area contributed by atoms with Crippen molar-refractivity contribution in [3.63, 3.8) is 0 Å². The van der Waals surface area contributed by atoms with Crippen LogP contribution in [0.3, 0.4) is 0 Å². The van der Waals surface area contributed by atoms with Crippen molar-refractivity contribution in [2.75, 3.05) is 0 Å². The number of rotatable bonds is 4. The van der Waals surface area contributed by atoms with Gasteiger partial charge in [-0.1, -0.05) is 37.6 Å². The van der Waals surface area contributed by atoms with E-state index in [9.17, 15) is 8.42 Å². The van der Waals surface area contributed by atoms with E-state index in [4.69, 9.17) is 0 Å². The van der Waals surface area contributed by atoms with Gasteiger partial charge in [-0.25, -0.2) is 12.4 Å². The maximum Gasteiger partial charge on any atom is 0.268 e. The number of benzene rings is 2. The maximum atomic E-state index is 13.1. The minimum absolute atomic E-state index is 0.322. The lowest BCUT2D eigenvalue weighted by atomic mass is 9.86. The molecule has 0 saturated heterocycles. The summed E-state index contributed by atoms with van der Waals surface area (Å²) in [5, 5.41) is 4.68. The van der Waals surface area contributed by atoms with E-state index in [1.54, 1.807) is 18.3 Å². The van der Waals surface area contributed by atoms with E-state index >= 15 is 0 Å². The van der Waals surface area contributed by atoms with Crippen molar-refractivity contribution in [3.05, 3.63) is 65.4 Å².